The summed E-state index contributed by atoms with van der Waals surface area (Å²) in [5, 5.41) is 3.72. The maximum absolute atomic E-state index is 11.4. The van der Waals surface area contributed by atoms with Crippen molar-refractivity contribution in [2.75, 3.05) is 0 Å². The summed E-state index contributed by atoms with van der Waals surface area (Å²) in [4.78, 5) is 0. The van der Waals surface area contributed by atoms with Crippen molar-refractivity contribution in [2.24, 2.45) is 5.10 Å². The molecule has 15 heteroatoms. The molecule has 118 valence electrons. The second-order valence-corrected chi connectivity index (χ2v) is 6.17. The van der Waals surface area contributed by atoms with Crippen LogP contribution in [0.5, 0.6) is 0 Å². The molecule has 20 heavy (non-hydrogen) atoms. The Labute approximate surface area is 108 Å². The van der Waals surface area contributed by atoms with Crippen molar-refractivity contribution < 1.29 is 48.6 Å². The van der Waals surface area contributed by atoms with Crippen molar-refractivity contribution in [1.29, 1.82) is 0 Å². The number of quaternary nitrogens is 1. The fourth-order valence-corrected chi connectivity index (χ4v) is 2.17. The number of nitrogens with zero attached hydrogens (tertiary/aromatic N) is 2. The van der Waals surface area contributed by atoms with Crippen molar-refractivity contribution in [1.82, 2.24) is 0 Å². The van der Waals surface area contributed by atoms with Crippen LogP contribution >= 0.6 is 0 Å². The van der Waals surface area contributed by atoms with Crippen LogP contribution < -0.4 is 5.43 Å². The van der Waals surface area contributed by atoms with E-state index in [0.29, 0.717) is 0 Å². The predicted octanol–water partition coefficient (Wildman–Crippen LogP) is 0.122. The number of alkyl halides is 6. The van der Waals surface area contributed by atoms with E-state index >= 15 is 0 Å². The minimum atomic E-state index is -6.72. The normalized spacial score (nSPS) is 15.9. The number of nitrogens with two attached hydrogens (primary N) is 1. The van der Waals surface area contributed by atoms with Crippen LogP contribution in [0.2, 0.25) is 0 Å². The second-order valence-electron chi connectivity index (χ2n) is 2.75. The Morgan fingerprint density at radius 1 is 0.900 bits per heavy atom. The van der Waals surface area contributed by atoms with Crippen LogP contribution in [0.3, 0.4) is 0 Å². The summed E-state index contributed by atoms with van der Waals surface area (Å²) in [5.41, 5.74) is -10.7. The first-order valence-electron chi connectivity index (χ1n) is 4.09. The highest BCUT2D eigenvalue weighted by Crippen LogP contribution is 2.36. The molecule has 0 aliphatic carbocycles. The maximum Gasteiger partial charge on any atom is 0.480 e. The predicted molar refractivity (Wildman–Crippen MR) is 52.9 cm³/mol. The molecular weight excluding hydrogens is 344 g/mol. The monoisotopic (exact) mass is 349 g/mol. The average molecular weight is 349 g/mol. The Morgan fingerprint density at radius 2 is 1.30 bits per heavy atom. The topological polar surface area (TPSA) is 111 Å². The summed E-state index contributed by atoms with van der Waals surface area (Å²) in [6, 6.07) is 0. The molecule has 0 unspecified atom stereocenters. The molecule has 0 aromatic rings. The van der Waals surface area contributed by atoms with Gasteiger partial charge in [0.25, 0.3) is 0 Å². The van der Waals surface area contributed by atoms with E-state index in [1.165, 1.54) is 0 Å². The molecule has 0 aromatic heterocycles. The van der Waals surface area contributed by atoms with Gasteiger partial charge in [0.2, 0.25) is 0 Å². The lowest BCUT2D eigenvalue weighted by Gasteiger charge is -2.22. The van der Waals surface area contributed by atoms with E-state index in [2.05, 4.69) is 5.10 Å². The van der Waals surface area contributed by atoms with Gasteiger partial charge in [0.1, 0.15) is 6.20 Å². The summed E-state index contributed by atoms with van der Waals surface area (Å²) in [5.74, 6) is 0. The van der Waals surface area contributed by atoms with E-state index in [9.17, 15) is 43.2 Å². The minimum Gasteiger partial charge on any atom is -0.421 e. The first-order chi connectivity index (χ1) is 8.71. The zero-order valence-electron chi connectivity index (χ0n) is 8.92. The third-order valence-electron chi connectivity index (χ3n) is 1.24. The summed E-state index contributed by atoms with van der Waals surface area (Å²) in [6.45, 7) is 0. The fourth-order valence-electron chi connectivity index (χ4n) is 0.462. The summed E-state index contributed by atoms with van der Waals surface area (Å²) < 4.78 is 109. The van der Waals surface area contributed by atoms with Crippen LogP contribution in [0.1, 0.15) is 0 Å². The van der Waals surface area contributed by atoms with Crippen molar-refractivity contribution in [3.05, 3.63) is 16.4 Å². The number of allylic oxidation sites excluding steroid dienone is 1. The molecule has 7 nitrogen and oxygen atoms in total. The Hall–Kier alpha value is -1.19. The SMILES string of the molecule is C1=C[NH2+]N=C1.O=S(=O)([N-]S(=O)(=O)C(F)(F)F)C(F)(F)F. The van der Waals surface area contributed by atoms with Gasteiger partial charge >= 0.3 is 11.0 Å². The van der Waals surface area contributed by atoms with Gasteiger partial charge in [-0.05, 0) is 0 Å². The molecule has 0 bridgehead atoms. The Kier molecular flexibility index (Phi) is 5.70. The first-order valence-corrected chi connectivity index (χ1v) is 6.97. The third kappa shape index (κ3) is 5.43. The Balaban J connectivity index is 0.000000595. The van der Waals surface area contributed by atoms with Crippen LogP contribution in [0.4, 0.5) is 26.3 Å². The standard InChI is InChI=1S/C3H4N2.C2F6NO4S2/c1-2-4-5-3-1;3-1(4,5)14(10,11)9-15(12,13)2(6,7)8/h1-3H,(H,4,5);/q;-1/p+1. The lowest BCUT2D eigenvalue weighted by atomic mass is 10.7. The van der Waals surface area contributed by atoms with Crippen molar-refractivity contribution in [3.8, 4) is 0 Å². The van der Waals surface area contributed by atoms with E-state index in [0.717, 1.165) is 4.13 Å². The number of sulfonamides is 2. The molecule has 0 amide bonds. The molecular formula is C5H5F6N3O4S2. The number of hydrogen-bond acceptors (Lipinski definition) is 5. The van der Waals surface area contributed by atoms with Gasteiger partial charge in [-0.3, -0.25) is 0 Å². The van der Waals surface area contributed by atoms with Crippen molar-refractivity contribution in [3.63, 3.8) is 0 Å². The average Bonchev–Trinajstić information content (AvgIpc) is 2.68. The molecule has 0 saturated carbocycles. The van der Waals surface area contributed by atoms with Crippen molar-refractivity contribution in [2.45, 2.75) is 11.0 Å². The smallest absolute Gasteiger partial charge is 0.421 e. The molecule has 0 spiro atoms. The molecule has 0 fully saturated rings. The first kappa shape index (κ1) is 18.8. The zero-order chi connectivity index (χ0) is 16.2. The summed E-state index contributed by atoms with van der Waals surface area (Å²) >= 11 is 0. The number of rotatable bonds is 2. The lowest BCUT2D eigenvalue weighted by molar-refractivity contribution is -0.589. The van der Waals surface area contributed by atoms with Gasteiger partial charge in [-0.2, -0.15) is 31.8 Å². The fraction of sp³-hybridized carbons (Fsp3) is 0.400. The van der Waals surface area contributed by atoms with Gasteiger partial charge in [0, 0.05) is 6.08 Å². The summed E-state index contributed by atoms with van der Waals surface area (Å²) in [6.07, 6.45) is 5.53. The molecule has 0 atom stereocenters. The van der Waals surface area contributed by atoms with Gasteiger partial charge in [0.05, 0.1) is 6.21 Å². The second kappa shape index (κ2) is 6.06. The van der Waals surface area contributed by atoms with E-state index in [4.69, 9.17) is 0 Å². The Bertz CT molecular complexity index is 535. The molecule has 1 aliphatic rings. The van der Waals surface area contributed by atoms with Crippen LogP contribution in [0, 0.1) is 0 Å². The van der Waals surface area contributed by atoms with E-state index in [-0.39, 0.29) is 0 Å². The highest BCUT2D eigenvalue weighted by Gasteiger charge is 2.46. The van der Waals surface area contributed by atoms with E-state index in [1.807, 2.05) is 12.3 Å². The van der Waals surface area contributed by atoms with Gasteiger partial charge in [-0.25, -0.2) is 16.8 Å². The van der Waals surface area contributed by atoms with Gasteiger partial charge in [-0.15, -0.1) is 0 Å². The van der Waals surface area contributed by atoms with Crippen LogP contribution in [0.15, 0.2) is 17.4 Å². The van der Waals surface area contributed by atoms with Crippen LogP contribution in [-0.2, 0) is 20.0 Å². The zero-order valence-corrected chi connectivity index (χ0v) is 10.6. The number of hydrogen-bond donors (Lipinski definition) is 1. The quantitative estimate of drug-likeness (QED) is 0.564. The highest BCUT2D eigenvalue weighted by atomic mass is 32.3. The minimum absolute atomic E-state index is 0.778. The lowest BCUT2D eigenvalue weighted by Crippen LogP contribution is -2.69. The molecule has 2 N–H and O–H groups in total. The summed E-state index contributed by atoms with van der Waals surface area (Å²) in [7, 11) is -13.4. The van der Waals surface area contributed by atoms with E-state index in [1.54, 1.807) is 11.6 Å². The van der Waals surface area contributed by atoms with Gasteiger partial charge in [0.15, 0.2) is 20.0 Å². The molecule has 0 radical (unpaired) electrons. The van der Waals surface area contributed by atoms with Crippen LogP contribution in [0.25, 0.3) is 4.13 Å². The molecule has 1 heterocycles. The third-order valence-corrected chi connectivity index (χ3v) is 3.98. The number of halogens is 6. The molecule has 1 rings (SSSR count). The van der Waals surface area contributed by atoms with Gasteiger partial charge in [-0.1, -0.05) is 5.10 Å². The molecule has 0 aromatic carbocycles. The van der Waals surface area contributed by atoms with Gasteiger partial charge < -0.3 is 4.13 Å². The Morgan fingerprint density at radius 3 is 1.45 bits per heavy atom. The van der Waals surface area contributed by atoms with E-state index < -0.39 is 31.1 Å². The van der Waals surface area contributed by atoms with Crippen molar-refractivity contribution >= 4 is 26.3 Å². The highest BCUT2D eigenvalue weighted by molar-refractivity contribution is 8.13. The molecule has 1 aliphatic heterocycles. The largest absolute Gasteiger partial charge is 0.480 e. The van der Waals surface area contributed by atoms with Crippen LogP contribution in [-0.4, -0.2) is 34.1 Å². The molecule has 0 saturated heterocycles. The maximum atomic E-state index is 11.4.